The van der Waals surface area contributed by atoms with E-state index in [4.69, 9.17) is 4.74 Å². The monoisotopic (exact) mass is 313 g/mol. The molecule has 0 spiro atoms. The molecule has 0 aromatic heterocycles. The van der Waals surface area contributed by atoms with Gasteiger partial charge >= 0.3 is 5.97 Å². The molecule has 1 aromatic rings. The third-order valence-electron chi connectivity index (χ3n) is 3.35. The van der Waals surface area contributed by atoms with Gasteiger partial charge in [0.15, 0.2) is 0 Å². The summed E-state index contributed by atoms with van der Waals surface area (Å²) in [6.45, 7) is 2.65. The fraction of sp³-hybridized carbons (Fsp3) is 0.500. The van der Waals surface area contributed by atoms with Gasteiger partial charge in [-0.05, 0) is 25.5 Å². The van der Waals surface area contributed by atoms with Gasteiger partial charge in [0.1, 0.15) is 6.23 Å². The number of hydrogen-bond donors (Lipinski definition) is 0. The average Bonchev–Trinajstić information content (AvgIpc) is 2.48. The molecule has 1 heterocycles. The van der Waals surface area contributed by atoms with Crippen LogP contribution in [0, 0.1) is 6.92 Å². The molecule has 1 fully saturated rings. The molecule has 6 nitrogen and oxygen atoms in total. The predicted octanol–water partition coefficient (Wildman–Crippen LogP) is 1.30. The average molecular weight is 313 g/mol. The molecule has 1 unspecified atom stereocenters. The second kappa shape index (κ2) is 6.55. The van der Waals surface area contributed by atoms with Crippen molar-refractivity contribution >= 4 is 16.0 Å². The normalized spacial score (nSPS) is 20.2. The van der Waals surface area contributed by atoms with E-state index < -0.39 is 22.2 Å². The minimum absolute atomic E-state index is 0.110. The van der Waals surface area contributed by atoms with E-state index in [1.807, 2.05) is 6.92 Å². The van der Waals surface area contributed by atoms with Gasteiger partial charge in [-0.1, -0.05) is 17.7 Å². The van der Waals surface area contributed by atoms with Gasteiger partial charge in [0, 0.05) is 13.2 Å². The van der Waals surface area contributed by atoms with Gasteiger partial charge in [-0.2, -0.15) is 4.31 Å². The van der Waals surface area contributed by atoms with Gasteiger partial charge in [-0.25, -0.2) is 8.42 Å². The standard InChI is InChI=1S/C14H19NO5S/c1-11-4-6-12(7-5-11)21(17,18)15-8-3-9-20-13(15)10-14(16)19-2/h4-7,13H,3,8-10H2,1-2H3. The highest BCUT2D eigenvalue weighted by Crippen LogP contribution is 2.24. The van der Waals surface area contributed by atoms with Crippen molar-refractivity contribution in [3.8, 4) is 0 Å². The molecule has 1 aromatic carbocycles. The van der Waals surface area contributed by atoms with Crippen LogP contribution in [0.25, 0.3) is 0 Å². The molecular weight excluding hydrogens is 294 g/mol. The van der Waals surface area contributed by atoms with E-state index in [1.165, 1.54) is 11.4 Å². The number of sulfonamides is 1. The first kappa shape index (κ1) is 15.9. The van der Waals surface area contributed by atoms with Gasteiger partial charge in [0.25, 0.3) is 0 Å². The Morgan fingerprint density at radius 2 is 2.05 bits per heavy atom. The Balaban J connectivity index is 2.27. The maximum Gasteiger partial charge on any atom is 0.309 e. The lowest BCUT2D eigenvalue weighted by atomic mass is 10.2. The number of esters is 1. The van der Waals surface area contributed by atoms with Crippen molar-refractivity contribution in [3.63, 3.8) is 0 Å². The number of benzene rings is 1. The Bertz CT molecular complexity index is 596. The van der Waals surface area contributed by atoms with Crippen molar-refractivity contribution in [2.75, 3.05) is 20.3 Å². The van der Waals surface area contributed by atoms with Crippen LogP contribution in [0.5, 0.6) is 0 Å². The minimum atomic E-state index is -3.68. The van der Waals surface area contributed by atoms with E-state index in [0.717, 1.165) is 5.56 Å². The van der Waals surface area contributed by atoms with Crippen molar-refractivity contribution in [1.29, 1.82) is 0 Å². The number of carbonyl (C=O) groups is 1. The third-order valence-corrected chi connectivity index (χ3v) is 5.25. The molecule has 1 saturated heterocycles. The lowest BCUT2D eigenvalue weighted by Crippen LogP contribution is -2.47. The van der Waals surface area contributed by atoms with Gasteiger partial charge in [-0.15, -0.1) is 0 Å². The molecule has 2 rings (SSSR count). The largest absolute Gasteiger partial charge is 0.469 e. The number of nitrogens with zero attached hydrogens (tertiary/aromatic N) is 1. The highest BCUT2D eigenvalue weighted by atomic mass is 32.2. The van der Waals surface area contributed by atoms with Crippen molar-refractivity contribution in [2.45, 2.75) is 30.9 Å². The van der Waals surface area contributed by atoms with Crippen molar-refractivity contribution < 1.29 is 22.7 Å². The molecule has 21 heavy (non-hydrogen) atoms. The smallest absolute Gasteiger partial charge is 0.309 e. The van der Waals surface area contributed by atoms with Crippen LogP contribution in [-0.2, 0) is 24.3 Å². The molecule has 0 aliphatic carbocycles. The van der Waals surface area contributed by atoms with E-state index >= 15 is 0 Å². The number of aryl methyl sites for hydroxylation is 1. The summed E-state index contributed by atoms with van der Waals surface area (Å²) in [4.78, 5) is 11.6. The molecule has 1 atom stereocenters. The van der Waals surface area contributed by atoms with Gasteiger partial charge < -0.3 is 9.47 Å². The first-order valence-electron chi connectivity index (χ1n) is 6.72. The lowest BCUT2D eigenvalue weighted by molar-refractivity contribution is -0.148. The molecule has 0 bridgehead atoms. The second-order valence-corrected chi connectivity index (χ2v) is 6.78. The Morgan fingerprint density at radius 1 is 1.38 bits per heavy atom. The van der Waals surface area contributed by atoms with Crippen LogP contribution in [-0.4, -0.2) is 45.2 Å². The van der Waals surface area contributed by atoms with E-state index in [-0.39, 0.29) is 11.3 Å². The predicted molar refractivity (Wildman–Crippen MR) is 76.1 cm³/mol. The van der Waals surface area contributed by atoms with E-state index in [9.17, 15) is 13.2 Å². The Labute approximate surface area is 124 Å². The molecule has 0 saturated carbocycles. The van der Waals surface area contributed by atoms with Gasteiger partial charge in [-0.3, -0.25) is 4.79 Å². The van der Waals surface area contributed by atoms with Crippen LogP contribution in [0.1, 0.15) is 18.4 Å². The number of carbonyl (C=O) groups excluding carboxylic acids is 1. The van der Waals surface area contributed by atoms with Crippen LogP contribution in [0.3, 0.4) is 0 Å². The number of ether oxygens (including phenoxy) is 2. The van der Waals surface area contributed by atoms with Crippen molar-refractivity contribution in [1.82, 2.24) is 4.31 Å². The van der Waals surface area contributed by atoms with Crippen LogP contribution in [0.15, 0.2) is 29.2 Å². The van der Waals surface area contributed by atoms with E-state index in [1.54, 1.807) is 24.3 Å². The molecule has 0 N–H and O–H groups in total. The number of methoxy groups -OCH3 is 1. The van der Waals surface area contributed by atoms with E-state index in [2.05, 4.69) is 4.74 Å². The Morgan fingerprint density at radius 3 is 2.67 bits per heavy atom. The Hall–Kier alpha value is -1.44. The quantitative estimate of drug-likeness (QED) is 0.783. The summed E-state index contributed by atoms with van der Waals surface area (Å²) in [5, 5.41) is 0. The lowest BCUT2D eigenvalue weighted by Gasteiger charge is -2.33. The summed E-state index contributed by atoms with van der Waals surface area (Å²) in [5.74, 6) is -0.494. The number of rotatable bonds is 4. The number of hydrogen-bond acceptors (Lipinski definition) is 5. The molecule has 7 heteroatoms. The first-order chi connectivity index (χ1) is 9.95. The highest BCUT2D eigenvalue weighted by Gasteiger charge is 2.35. The molecule has 1 aliphatic rings. The summed E-state index contributed by atoms with van der Waals surface area (Å²) in [6.07, 6.45) is -0.317. The zero-order valence-electron chi connectivity index (χ0n) is 12.1. The summed E-state index contributed by atoms with van der Waals surface area (Å²) in [6, 6.07) is 6.61. The summed E-state index contributed by atoms with van der Waals surface area (Å²) >= 11 is 0. The van der Waals surface area contributed by atoms with Gasteiger partial charge in [0.2, 0.25) is 10.0 Å². The summed E-state index contributed by atoms with van der Waals surface area (Å²) in [7, 11) is -2.41. The topological polar surface area (TPSA) is 72.9 Å². The molecule has 1 aliphatic heterocycles. The fourth-order valence-electron chi connectivity index (χ4n) is 2.17. The molecule has 0 amide bonds. The molecule has 0 radical (unpaired) electrons. The SMILES string of the molecule is COC(=O)CC1OCCCN1S(=O)(=O)c1ccc(C)cc1. The van der Waals surface area contributed by atoms with Crippen LogP contribution in [0.4, 0.5) is 0 Å². The highest BCUT2D eigenvalue weighted by molar-refractivity contribution is 7.89. The Kier molecular flexibility index (Phi) is 4.97. The maximum atomic E-state index is 12.7. The zero-order valence-corrected chi connectivity index (χ0v) is 12.9. The fourth-order valence-corrected chi connectivity index (χ4v) is 3.74. The van der Waals surface area contributed by atoms with E-state index in [0.29, 0.717) is 19.6 Å². The van der Waals surface area contributed by atoms with Crippen LogP contribution in [0.2, 0.25) is 0 Å². The minimum Gasteiger partial charge on any atom is -0.469 e. The zero-order chi connectivity index (χ0) is 15.5. The van der Waals surface area contributed by atoms with Crippen LogP contribution >= 0.6 is 0 Å². The van der Waals surface area contributed by atoms with Crippen LogP contribution < -0.4 is 0 Å². The first-order valence-corrected chi connectivity index (χ1v) is 8.16. The summed E-state index contributed by atoms with van der Waals surface area (Å²) < 4.78 is 36.6. The summed E-state index contributed by atoms with van der Waals surface area (Å²) in [5.41, 5.74) is 0.981. The third kappa shape index (κ3) is 3.61. The maximum absolute atomic E-state index is 12.7. The van der Waals surface area contributed by atoms with Gasteiger partial charge in [0.05, 0.1) is 18.4 Å². The molecule has 116 valence electrons. The molecular formula is C14H19NO5S. The van der Waals surface area contributed by atoms with Crippen molar-refractivity contribution in [3.05, 3.63) is 29.8 Å². The van der Waals surface area contributed by atoms with Crippen molar-refractivity contribution in [2.24, 2.45) is 0 Å². The second-order valence-electron chi connectivity index (χ2n) is 4.89.